The summed E-state index contributed by atoms with van der Waals surface area (Å²) in [5, 5.41) is 2.63. The van der Waals surface area contributed by atoms with E-state index in [1.165, 1.54) is 36.6 Å². The molecule has 1 saturated carbocycles. The third-order valence-corrected chi connectivity index (χ3v) is 5.03. The molecule has 0 radical (unpaired) electrons. The fourth-order valence-corrected chi connectivity index (χ4v) is 3.77. The highest BCUT2D eigenvalue weighted by atomic mass is 35.5. The van der Waals surface area contributed by atoms with E-state index >= 15 is 0 Å². The molecule has 1 N–H and O–H groups in total. The van der Waals surface area contributed by atoms with Gasteiger partial charge in [-0.05, 0) is 54.7 Å². The first-order valence-corrected chi connectivity index (χ1v) is 7.68. The van der Waals surface area contributed by atoms with Crippen molar-refractivity contribution in [2.24, 2.45) is 5.41 Å². The predicted molar refractivity (Wildman–Crippen MR) is 83.3 cm³/mol. The topological polar surface area (TPSA) is 15.8 Å². The van der Waals surface area contributed by atoms with E-state index in [4.69, 9.17) is 23.2 Å². The number of nitrogens with one attached hydrogen (secondary N) is 1. The standard InChI is InChI=1S/C16H19Cl2N/c1-16(2)5-3-10(4-6-16)13-9-19-15-12(13)7-11(17)8-14(15)18/h7-10,19H,3-6H2,1-2H3. The van der Waals surface area contributed by atoms with E-state index in [-0.39, 0.29) is 0 Å². The van der Waals surface area contributed by atoms with Crippen molar-refractivity contribution in [2.45, 2.75) is 45.4 Å². The lowest BCUT2D eigenvalue weighted by Crippen LogP contribution is -2.20. The van der Waals surface area contributed by atoms with Crippen LogP contribution in [0.1, 0.15) is 51.0 Å². The van der Waals surface area contributed by atoms with Crippen molar-refractivity contribution in [3.05, 3.63) is 33.9 Å². The van der Waals surface area contributed by atoms with Gasteiger partial charge in [0.1, 0.15) is 0 Å². The van der Waals surface area contributed by atoms with Crippen molar-refractivity contribution in [3.63, 3.8) is 0 Å². The third-order valence-electron chi connectivity index (χ3n) is 4.52. The molecule has 102 valence electrons. The average Bonchev–Trinajstić information content (AvgIpc) is 2.73. The summed E-state index contributed by atoms with van der Waals surface area (Å²) in [4.78, 5) is 3.31. The Bertz CT molecular complexity index is 602. The first-order valence-electron chi connectivity index (χ1n) is 6.92. The van der Waals surface area contributed by atoms with E-state index in [1.54, 1.807) is 6.07 Å². The van der Waals surface area contributed by atoms with Crippen molar-refractivity contribution in [3.8, 4) is 0 Å². The molecule has 0 bridgehead atoms. The molecular weight excluding hydrogens is 277 g/mol. The fraction of sp³-hybridized carbons (Fsp3) is 0.500. The van der Waals surface area contributed by atoms with Gasteiger partial charge in [-0.1, -0.05) is 37.0 Å². The molecule has 1 aromatic carbocycles. The largest absolute Gasteiger partial charge is 0.360 e. The van der Waals surface area contributed by atoms with E-state index in [9.17, 15) is 0 Å². The Hall–Kier alpha value is -0.660. The van der Waals surface area contributed by atoms with E-state index in [2.05, 4.69) is 25.0 Å². The second kappa shape index (κ2) is 4.71. The van der Waals surface area contributed by atoms with Crippen LogP contribution in [0.5, 0.6) is 0 Å². The number of hydrogen-bond donors (Lipinski definition) is 1. The zero-order valence-corrected chi connectivity index (χ0v) is 12.9. The number of aromatic amines is 1. The normalized spacial score (nSPS) is 20.0. The van der Waals surface area contributed by atoms with Gasteiger partial charge in [0.2, 0.25) is 0 Å². The summed E-state index contributed by atoms with van der Waals surface area (Å²) < 4.78 is 0. The molecule has 3 heteroatoms. The minimum Gasteiger partial charge on any atom is -0.360 e. The predicted octanol–water partition coefficient (Wildman–Crippen LogP) is 6.16. The molecule has 0 amide bonds. The monoisotopic (exact) mass is 295 g/mol. The average molecular weight is 296 g/mol. The molecule has 1 fully saturated rings. The van der Waals surface area contributed by atoms with Crippen LogP contribution in [0.3, 0.4) is 0 Å². The number of aromatic nitrogens is 1. The highest BCUT2D eigenvalue weighted by Crippen LogP contribution is 2.44. The smallest absolute Gasteiger partial charge is 0.0661 e. The quantitative estimate of drug-likeness (QED) is 0.648. The number of hydrogen-bond acceptors (Lipinski definition) is 0. The maximum Gasteiger partial charge on any atom is 0.0661 e. The lowest BCUT2D eigenvalue weighted by Gasteiger charge is -2.34. The van der Waals surface area contributed by atoms with Crippen LogP contribution in [0.15, 0.2) is 18.3 Å². The van der Waals surface area contributed by atoms with Crippen molar-refractivity contribution < 1.29 is 0 Å². The van der Waals surface area contributed by atoms with Crippen molar-refractivity contribution in [1.29, 1.82) is 0 Å². The lowest BCUT2D eigenvalue weighted by atomic mass is 9.71. The third kappa shape index (κ3) is 2.51. The Morgan fingerprint density at radius 1 is 1.16 bits per heavy atom. The Balaban J connectivity index is 1.98. The summed E-state index contributed by atoms with van der Waals surface area (Å²) in [6.07, 6.45) is 7.21. The van der Waals surface area contributed by atoms with E-state index < -0.39 is 0 Å². The van der Waals surface area contributed by atoms with Gasteiger partial charge in [0, 0.05) is 16.6 Å². The number of rotatable bonds is 1. The summed E-state index contributed by atoms with van der Waals surface area (Å²) >= 11 is 12.4. The molecule has 1 nitrogen and oxygen atoms in total. The SMILES string of the molecule is CC1(C)CCC(c2c[nH]c3c(Cl)cc(Cl)cc23)CC1. The van der Waals surface area contributed by atoms with Crippen molar-refractivity contribution >= 4 is 34.1 Å². The molecule has 3 rings (SSSR count). The van der Waals surface area contributed by atoms with Crippen molar-refractivity contribution in [1.82, 2.24) is 4.98 Å². The first-order chi connectivity index (χ1) is 8.96. The Morgan fingerprint density at radius 2 is 1.84 bits per heavy atom. The molecular formula is C16H19Cl2N. The summed E-state index contributed by atoms with van der Waals surface area (Å²) in [5.41, 5.74) is 2.90. The molecule has 2 aromatic rings. The van der Waals surface area contributed by atoms with Crippen LogP contribution in [0.25, 0.3) is 10.9 Å². The molecule has 0 atom stereocenters. The molecule has 1 aliphatic carbocycles. The van der Waals surface area contributed by atoms with Crippen LogP contribution < -0.4 is 0 Å². The van der Waals surface area contributed by atoms with E-state index in [1.807, 2.05) is 6.07 Å². The maximum absolute atomic E-state index is 6.24. The number of fused-ring (bicyclic) bond motifs is 1. The summed E-state index contributed by atoms with van der Waals surface area (Å²) in [6.45, 7) is 4.73. The van der Waals surface area contributed by atoms with Gasteiger partial charge in [-0.25, -0.2) is 0 Å². The zero-order valence-electron chi connectivity index (χ0n) is 11.4. The molecule has 1 aromatic heterocycles. The Morgan fingerprint density at radius 3 is 2.53 bits per heavy atom. The highest BCUT2D eigenvalue weighted by Gasteiger charge is 2.28. The molecule has 0 spiro atoms. The molecule has 1 aliphatic rings. The van der Waals surface area contributed by atoms with Gasteiger partial charge in [-0.15, -0.1) is 0 Å². The molecule has 1 heterocycles. The van der Waals surface area contributed by atoms with Crippen LogP contribution in [-0.4, -0.2) is 4.98 Å². The van der Waals surface area contributed by atoms with E-state index in [0.29, 0.717) is 16.4 Å². The Kier molecular flexibility index (Phi) is 3.31. The lowest BCUT2D eigenvalue weighted by molar-refractivity contribution is 0.225. The minimum atomic E-state index is 0.498. The van der Waals surface area contributed by atoms with E-state index in [0.717, 1.165) is 10.5 Å². The van der Waals surface area contributed by atoms with Crippen LogP contribution >= 0.6 is 23.2 Å². The zero-order chi connectivity index (χ0) is 13.6. The van der Waals surface area contributed by atoms with Crippen LogP contribution in [0.2, 0.25) is 10.0 Å². The molecule has 0 saturated heterocycles. The maximum atomic E-state index is 6.24. The molecule has 0 aliphatic heterocycles. The number of H-pyrrole nitrogens is 1. The van der Waals surface area contributed by atoms with Gasteiger partial charge in [0.25, 0.3) is 0 Å². The first kappa shape index (κ1) is 13.3. The van der Waals surface area contributed by atoms with Gasteiger partial charge in [-0.2, -0.15) is 0 Å². The second-order valence-electron chi connectivity index (χ2n) is 6.49. The minimum absolute atomic E-state index is 0.498. The molecule has 0 unspecified atom stereocenters. The number of benzene rings is 1. The van der Waals surface area contributed by atoms with Gasteiger partial charge in [0.05, 0.1) is 10.5 Å². The summed E-state index contributed by atoms with van der Waals surface area (Å²) in [5.74, 6) is 0.635. The second-order valence-corrected chi connectivity index (χ2v) is 7.34. The van der Waals surface area contributed by atoms with Gasteiger partial charge >= 0.3 is 0 Å². The van der Waals surface area contributed by atoms with Gasteiger partial charge < -0.3 is 4.98 Å². The van der Waals surface area contributed by atoms with Gasteiger partial charge in [0.15, 0.2) is 0 Å². The van der Waals surface area contributed by atoms with Gasteiger partial charge in [-0.3, -0.25) is 0 Å². The fourth-order valence-electron chi connectivity index (χ4n) is 3.22. The van der Waals surface area contributed by atoms with Crippen LogP contribution in [0.4, 0.5) is 0 Å². The number of halogens is 2. The van der Waals surface area contributed by atoms with Crippen molar-refractivity contribution in [2.75, 3.05) is 0 Å². The Labute approximate surface area is 124 Å². The summed E-state index contributed by atoms with van der Waals surface area (Å²) in [6, 6.07) is 3.84. The summed E-state index contributed by atoms with van der Waals surface area (Å²) in [7, 11) is 0. The molecule has 19 heavy (non-hydrogen) atoms. The van der Waals surface area contributed by atoms with Crippen LogP contribution in [-0.2, 0) is 0 Å². The highest BCUT2D eigenvalue weighted by molar-refractivity contribution is 6.38. The van der Waals surface area contributed by atoms with Crippen LogP contribution in [0, 0.1) is 5.41 Å².